The Morgan fingerprint density at radius 1 is 0.923 bits per heavy atom. The van der Waals surface area contributed by atoms with Crippen LogP contribution in [0.5, 0.6) is 0 Å². The van der Waals surface area contributed by atoms with E-state index in [-0.39, 0.29) is 10.6 Å². The molecule has 3 rings (SSSR count). The van der Waals surface area contributed by atoms with E-state index in [1.54, 1.807) is 36.4 Å². The molecule has 8 heteroatoms. The van der Waals surface area contributed by atoms with E-state index in [4.69, 9.17) is 5.26 Å². The van der Waals surface area contributed by atoms with Gasteiger partial charge in [0.2, 0.25) is 0 Å². The molecule has 0 atom stereocenters. The number of hydrogen-bond acceptors (Lipinski definition) is 5. The summed E-state index contributed by atoms with van der Waals surface area (Å²) in [4.78, 5) is 4.10. The van der Waals surface area contributed by atoms with Gasteiger partial charge >= 0.3 is 0 Å². The van der Waals surface area contributed by atoms with E-state index in [0.717, 1.165) is 17.8 Å². The lowest BCUT2D eigenvalue weighted by Gasteiger charge is -2.09. The molecule has 0 aliphatic heterocycles. The van der Waals surface area contributed by atoms with Gasteiger partial charge in [-0.05, 0) is 60.7 Å². The van der Waals surface area contributed by atoms with Crippen molar-refractivity contribution in [1.29, 1.82) is 5.26 Å². The Bertz CT molecular complexity index is 1040. The third-order valence-electron chi connectivity index (χ3n) is 3.43. The fraction of sp³-hybridized carbons (Fsp3) is 0. The molecule has 0 spiro atoms. The van der Waals surface area contributed by atoms with Gasteiger partial charge in [0.15, 0.2) is 0 Å². The van der Waals surface area contributed by atoms with Gasteiger partial charge in [-0.15, -0.1) is 0 Å². The van der Waals surface area contributed by atoms with Crippen LogP contribution >= 0.6 is 0 Å². The number of pyridine rings is 1. The molecule has 0 amide bonds. The highest BCUT2D eigenvalue weighted by Crippen LogP contribution is 2.19. The zero-order valence-electron chi connectivity index (χ0n) is 13.3. The third kappa shape index (κ3) is 4.15. The highest BCUT2D eigenvalue weighted by atomic mass is 32.2. The summed E-state index contributed by atoms with van der Waals surface area (Å²) in [5.41, 5.74) is 1.57. The zero-order chi connectivity index (χ0) is 18.6. The number of nitrogens with one attached hydrogen (secondary N) is 2. The standard InChI is InChI=1S/C18H13FN4O2S/c19-14-3-8-17(9-4-14)26(24,25)23-16-7-10-18(21-12-16)22-15-5-1-13(11-20)2-6-15/h1-10,12,23H,(H,21,22). The smallest absolute Gasteiger partial charge is 0.261 e. The number of nitriles is 1. The maximum Gasteiger partial charge on any atom is 0.261 e. The number of halogens is 1. The maximum atomic E-state index is 12.9. The first-order chi connectivity index (χ1) is 12.5. The fourth-order valence-corrected chi connectivity index (χ4v) is 3.18. The molecule has 2 N–H and O–H groups in total. The lowest BCUT2D eigenvalue weighted by atomic mass is 10.2. The molecule has 0 radical (unpaired) electrons. The second-order valence-electron chi connectivity index (χ2n) is 5.31. The first-order valence-corrected chi connectivity index (χ1v) is 8.96. The minimum atomic E-state index is -3.82. The number of rotatable bonds is 5. The Balaban J connectivity index is 1.71. The van der Waals surface area contributed by atoms with E-state index >= 15 is 0 Å². The Kier molecular flexibility index (Phi) is 4.82. The van der Waals surface area contributed by atoms with E-state index in [9.17, 15) is 12.8 Å². The predicted molar refractivity (Wildman–Crippen MR) is 95.9 cm³/mol. The minimum Gasteiger partial charge on any atom is -0.340 e. The Morgan fingerprint density at radius 3 is 2.15 bits per heavy atom. The predicted octanol–water partition coefficient (Wildman–Crippen LogP) is 3.64. The summed E-state index contributed by atoms with van der Waals surface area (Å²) in [5, 5.41) is 11.8. The van der Waals surface area contributed by atoms with Crippen LogP contribution in [-0.2, 0) is 10.0 Å². The van der Waals surface area contributed by atoms with Crippen molar-refractivity contribution in [2.75, 3.05) is 10.0 Å². The van der Waals surface area contributed by atoms with Gasteiger partial charge in [0.1, 0.15) is 11.6 Å². The quantitative estimate of drug-likeness (QED) is 0.717. The summed E-state index contributed by atoms with van der Waals surface area (Å²) < 4.78 is 39.8. The average molecular weight is 368 g/mol. The Morgan fingerprint density at radius 2 is 1.58 bits per heavy atom. The topological polar surface area (TPSA) is 94.9 Å². The normalized spacial score (nSPS) is 10.8. The highest BCUT2D eigenvalue weighted by Gasteiger charge is 2.14. The molecule has 0 saturated heterocycles. The van der Waals surface area contributed by atoms with Gasteiger partial charge in [0.05, 0.1) is 28.4 Å². The monoisotopic (exact) mass is 368 g/mol. The van der Waals surface area contributed by atoms with E-state index in [1.807, 2.05) is 6.07 Å². The molecular formula is C18H13FN4O2S. The first-order valence-electron chi connectivity index (χ1n) is 7.48. The molecule has 3 aromatic rings. The van der Waals surface area contributed by atoms with Crippen LogP contribution in [-0.4, -0.2) is 13.4 Å². The van der Waals surface area contributed by atoms with Crippen LogP contribution in [0.25, 0.3) is 0 Å². The molecule has 0 unspecified atom stereocenters. The van der Waals surface area contributed by atoms with Crippen LogP contribution in [0.2, 0.25) is 0 Å². The second kappa shape index (κ2) is 7.21. The van der Waals surface area contributed by atoms with Crippen LogP contribution in [0.15, 0.2) is 71.8 Å². The summed E-state index contributed by atoms with van der Waals surface area (Å²) in [6, 6.07) is 16.6. The molecule has 1 heterocycles. The van der Waals surface area contributed by atoms with Crippen molar-refractivity contribution >= 4 is 27.2 Å². The van der Waals surface area contributed by atoms with Gasteiger partial charge in [0, 0.05) is 5.69 Å². The van der Waals surface area contributed by atoms with Gasteiger partial charge in [0.25, 0.3) is 10.0 Å². The number of hydrogen-bond donors (Lipinski definition) is 2. The summed E-state index contributed by atoms with van der Waals surface area (Å²) in [7, 11) is -3.82. The molecule has 0 aliphatic carbocycles. The largest absolute Gasteiger partial charge is 0.340 e. The van der Waals surface area contributed by atoms with E-state index < -0.39 is 15.8 Å². The Hall–Kier alpha value is -3.44. The van der Waals surface area contributed by atoms with Crippen molar-refractivity contribution in [2.45, 2.75) is 4.90 Å². The molecule has 26 heavy (non-hydrogen) atoms. The van der Waals surface area contributed by atoms with Gasteiger partial charge in [-0.1, -0.05) is 0 Å². The van der Waals surface area contributed by atoms with Crippen molar-refractivity contribution in [3.63, 3.8) is 0 Å². The van der Waals surface area contributed by atoms with Gasteiger partial charge < -0.3 is 5.32 Å². The van der Waals surface area contributed by atoms with Crippen LogP contribution in [0.4, 0.5) is 21.6 Å². The summed E-state index contributed by atoms with van der Waals surface area (Å²) in [6.07, 6.45) is 1.37. The van der Waals surface area contributed by atoms with E-state index in [2.05, 4.69) is 15.0 Å². The molecule has 6 nitrogen and oxygen atoms in total. The number of nitrogens with zero attached hydrogens (tertiary/aromatic N) is 2. The molecule has 0 saturated carbocycles. The zero-order valence-corrected chi connectivity index (χ0v) is 14.2. The average Bonchev–Trinajstić information content (AvgIpc) is 2.64. The third-order valence-corrected chi connectivity index (χ3v) is 4.82. The fourth-order valence-electron chi connectivity index (χ4n) is 2.13. The lowest BCUT2D eigenvalue weighted by Crippen LogP contribution is -2.13. The van der Waals surface area contributed by atoms with Crippen LogP contribution < -0.4 is 10.0 Å². The molecular weight excluding hydrogens is 355 g/mol. The SMILES string of the molecule is N#Cc1ccc(Nc2ccc(NS(=O)(=O)c3ccc(F)cc3)cn2)cc1. The van der Waals surface area contributed by atoms with Gasteiger partial charge in [-0.3, -0.25) is 4.72 Å². The highest BCUT2D eigenvalue weighted by molar-refractivity contribution is 7.92. The molecule has 0 aliphatic rings. The minimum absolute atomic E-state index is 0.0429. The van der Waals surface area contributed by atoms with Crippen LogP contribution in [0.1, 0.15) is 5.56 Å². The molecule has 2 aromatic carbocycles. The number of aromatic nitrogens is 1. The first kappa shape index (κ1) is 17.4. The number of sulfonamides is 1. The summed E-state index contributed by atoms with van der Waals surface area (Å²) in [6.45, 7) is 0. The molecule has 0 bridgehead atoms. The molecule has 130 valence electrons. The van der Waals surface area contributed by atoms with Crippen molar-refractivity contribution in [3.8, 4) is 6.07 Å². The van der Waals surface area contributed by atoms with Crippen molar-refractivity contribution in [2.24, 2.45) is 0 Å². The number of benzene rings is 2. The van der Waals surface area contributed by atoms with Gasteiger partial charge in [-0.25, -0.2) is 17.8 Å². The van der Waals surface area contributed by atoms with Crippen LogP contribution in [0.3, 0.4) is 0 Å². The molecule has 0 fully saturated rings. The summed E-state index contributed by atoms with van der Waals surface area (Å²) in [5.74, 6) is 0.00304. The maximum absolute atomic E-state index is 12.9. The van der Waals surface area contributed by atoms with E-state index in [1.165, 1.54) is 18.3 Å². The van der Waals surface area contributed by atoms with Crippen molar-refractivity contribution in [1.82, 2.24) is 4.98 Å². The van der Waals surface area contributed by atoms with Gasteiger partial charge in [-0.2, -0.15) is 5.26 Å². The van der Waals surface area contributed by atoms with E-state index in [0.29, 0.717) is 11.4 Å². The number of anilines is 3. The Labute approximate surface area is 150 Å². The van der Waals surface area contributed by atoms with Crippen LogP contribution in [0, 0.1) is 17.1 Å². The molecule has 1 aromatic heterocycles. The lowest BCUT2D eigenvalue weighted by molar-refractivity contribution is 0.599. The summed E-state index contributed by atoms with van der Waals surface area (Å²) >= 11 is 0. The second-order valence-corrected chi connectivity index (χ2v) is 6.99. The van der Waals surface area contributed by atoms with Crippen molar-refractivity contribution < 1.29 is 12.8 Å². The van der Waals surface area contributed by atoms with Crippen molar-refractivity contribution in [3.05, 3.63) is 78.2 Å².